The molecule has 0 aromatic carbocycles. The van der Waals surface area contributed by atoms with Gasteiger partial charge in [0.2, 0.25) is 0 Å². The van der Waals surface area contributed by atoms with Crippen molar-refractivity contribution in [3.63, 3.8) is 0 Å². The molecule has 3 atom stereocenters. The van der Waals surface area contributed by atoms with Crippen molar-refractivity contribution in [1.29, 1.82) is 0 Å². The molecule has 1 heterocycles. The molecule has 2 aliphatic rings. The average molecular weight is 244 g/mol. The topological polar surface area (TPSA) is 35.5 Å². The van der Waals surface area contributed by atoms with Gasteiger partial charge >= 0.3 is 5.97 Å². The van der Waals surface area contributed by atoms with Gasteiger partial charge in [0, 0.05) is 17.9 Å². The van der Waals surface area contributed by atoms with Crippen LogP contribution in [0.25, 0.3) is 0 Å². The fraction of sp³-hybridized carbons (Fsp3) is 0.917. The Bertz CT molecular complexity index is 277. The molecule has 2 fully saturated rings. The summed E-state index contributed by atoms with van der Waals surface area (Å²) in [7, 11) is 0. The van der Waals surface area contributed by atoms with E-state index in [0.29, 0.717) is 11.7 Å². The van der Waals surface area contributed by atoms with E-state index in [9.17, 15) is 4.79 Å². The highest BCUT2D eigenvalue weighted by Gasteiger charge is 2.60. The predicted molar refractivity (Wildman–Crippen MR) is 64.5 cm³/mol. The summed E-state index contributed by atoms with van der Waals surface area (Å²) in [5.41, 5.74) is -0.0147. The zero-order chi connectivity index (χ0) is 11.8. The van der Waals surface area contributed by atoms with Crippen LogP contribution < -0.4 is 0 Å². The summed E-state index contributed by atoms with van der Waals surface area (Å²) in [5, 5.41) is 0. The van der Waals surface area contributed by atoms with Gasteiger partial charge in [0.25, 0.3) is 0 Å². The number of hydrogen-bond acceptors (Lipinski definition) is 4. The van der Waals surface area contributed by atoms with E-state index in [1.54, 1.807) is 0 Å². The minimum atomic E-state index is -0.0883. The quantitative estimate of drug-likeness (QED) is 0.712. The maximum atomic E-state index is 11.5. The van der Waals surface area contributed by atoms with Crippen LogP contribution in [0.1, 0.15) is 26.7 Å². The molecular weight excluding hydrogens is 224 g/mol. The van der Waals surface area contributed by atoms with Crippen LogP contribution in [0.15, 0.2) is 0 Å². The Morgan fingerprint density at radius 3 is 3.00 bits per heavy atom. The predicted octanol–water partition coefficient (Wildman–Crippen LogP) is 2.10. The summed E-state index contributed by atoms with van der Waals surface area (Å²) in [5.74, 6) is 0.786. The lowest BCUT2D eigenvalue weighted by atomic mass is 9.57. The van der Waals surface area contributed by atoms with Crippen molar-refractivity contribution in [2.24, 2.45) is 11.3 Å². The molecule has 0 spiro atoms. The Labute approximate surface area is 101 Å². The lowest BCUT2D eigenvalue weighted by molar-refractivity contribution is -0.253. The molecule has 1 aliphatic heterocycles. The van der Waals surface area contributed by atoms with Crippen LogP contribution in [0.2, 0.25) is 0 Å². The number of thioether (sulfide) groups is 1. The second-order valence-electron chi connectivity index (χ2n) is 5.26. The maximum absolute atomic E-state index is 11.5. The molecular formula is C12H20O3S. The van der Waals surface area contributed by atoms with Gasteiger partial charge in [-0.25, -0.2) is 0 Å². The molecule has 1 saturated carbocycles. The third-order valence-electron chi connectivity index (χ3n) is 3.74. The second-order valence-corrected chi connectivity index (χ2v) is 6.13. The van der Waals surface area contributed by atoms with Crippen LogP contribution in [-0.4, -0.2) is 36.8 Å². The Hall–Kier alpha value is -0.220. The van der Waals surface area contributed by atoms with Crippen molar-refractivity contribution in [2.45, 2.75) is 38.9 Å². The Balaban J connectivity index is 1.96. The minimum absolute atomic E-state index is 0.0147. The van der Waals surface area contributed by atoms with Crippen molar-refractivity contribution in [3.8, 4) is 0 Å². The highest BCUT2D eigenvalue weighted by atomic mass is 32.2. The van der Waals surface area contributed by atoms with Crippen LogP contribution in [0.5, 0.6) is 0 Å². The lowest BCUT2D eigenvalue weighted by Crippen LogP contribution is -2.65. The first-order chi connectivity index (χ1) is 7.57. The number of ether oxygens (including phenoxy) is 2. The van der Waals surface area contributed by atoms with Gasteiger partial charge in [-0.05, 0) is 19.1 Å². The summed E-state index contributed by atoms with van der Waals surface area (Å²) in [4.78, 5) is 11.5. The van der Waals surface area contributed by atoms with Gasteiger partial charge in [-0.2, -0.15) is 11.8 Å². The first-order valence-corrected chi connectivity index (χ1v) is 7.26. The van der Waals surface area contributed by atoms with E-state index in [-0.39, 0.29) is 23.6 Å². The molecule has 0 N–H and O–H groups in total. The SMILES string of the molecule is CSCC(=O)O[C@@H]1[C@@H]2CCCO[C@@H]2C1(C)C. The summed E-state index contributed by atoms with van der Waals surface area (Å²) in [6.45, 7) is 5.13. The Kier molecular flexibility index (Phi) is 3.50. The first kappa shape index (κ1) is 12.2. The minimum Gasteiger partial charge on any atom is -0.461 e. The van der Waals surface area contributed by atoms with Crippen LogP contribution in [-0.2, 0) is 14.3 Å². The molecule has 0 aromatic rings. The summed E-state index contributed by atoms with van der Waals surface area (Å²) in [6, 6.07) is 0. The van der Waals surface area contributed by atoms with Crippen molar-refractivity contribution in [1.82, 2.24) is 0 Å². The molecule has 1 saturated heterocycles. The highest BCUT2D eigenvalue weighted by molar-refractivity contribution is 7.99. The summed E-state index contributed by atoms with van der Waals surface area (Å²) >= 11 is 1.51. The number of esters is 1. The standard InChI is InChI=1S/C12H20O3S/c1-12(2)10-8(5-4-6-14-10)11(12)15-9(13)7-16-3/h8,10-11H,4-7H2,1-3H3/t8-,10+,11-/m1/s1. The lowest BCUT2D eigenvalue weighted by Gasteiger charge is -2.58. The largest absolute Gasteiger partial charge is 0.461 e. The average Bonchev–Trinajstić information content (AvgIpc) is 2.26. The van der Waals surface area contributed by atoms with Crippen LogP contribution >= 0.6 is 11.8 Å². The van der Waals surface area contributed by atoms with Crippen LogP contribution in [0, 0.1) is 11.3 Å². The van der Waals surface area contributed by atoms with Gasteiger partial charge in [-0.3, -0.25) is 4.79 Å². The van der Waals surface area contributed by atoms with Gasteiger partial charge < -0.3 is 9.47 Å². The zero-order valence-corrected chi connectivity index (χ0v) is 11.0. The van der Waals surface area contributed by atoms with E-state index in [4.69, 9.17) is 9.47 Å². The molecule has 0 aromatic heterocycles. The molecule has 92 valence electrons. The number of carbonyl (C=O) groups is 1. The third-order valence-corrected chi connectivity index (χ3v) is 4.27. The maximum Gasteiger partial charge on any atom is 0.316 e. The number of carbonyl (C=O) groups excluding carboxylic acids is 1. The molecule has 0 unspecified atom stereocenters. The molecule has 3 nitrogen and oxygen atoms in total. The van der Waals surface area contributed by atoms with Crippen LogP contribution in [0.4, 0.5) is 0 Å². The Morgan fingerprint density at radius 1 is 1.56 bits per heavy atom. The first-order valence-electron chi connectivity index (χ1n) is 5.87. The zero-order valence-electron chi connectivity index (χ0n) is 10.2. The molecule has 2 rings (SSSR count). The van der Waals surface area contributed by atoms with Crippen molar-refractivity contribution in [3.05, 3.63) is 0 Å². The molecule has 16 heavy (non-hydrogen) atoms. The second kappa shape index (κ2) is 4.57. The van der Waals surface area contributed by atoms with E-state index in [1.807, 2.05) is 6.26 Å². The van der Waals surface area contributed by atoms with E-state index < -0.39 is 0 Å². The number of hydrogen-bond donors (Lipinski definition) is 0. The van der Waals surface area contributed by atoms with E-state index in [0.717, 1.165) is 19.4 Å². The molecule has 4 heteroatoms. The number of fused-ring (bicyclic) bond motifs is 1. The third kappa shape index (κ3) is 1.97. The van der Waals surface area contributed by atoms with Gasteiger partial charge in [-0.15, -0.1) is 0 Å². The summed E-state index contributed by atoms with van der Waals surface area (Å²) < 4.78 is 11.3. The van der Waals surface area contributed by atoms with Crippen LogP contribution in [0.3, 0.4) is 0 Å². The highest BCUT2D eigenvalue weighted by Crippen LogP contribution is 2.52. The summed E-state index contributed by atoms with van der Waals surface area (Å²) in [6.07, 6.45) is 4.48. The fourth-order valence-electron chi connectivity index (χ4n) is 3.01. The van der Waals surface area contributed by atoms with Gasteiger partial charge in [0.05, 0.1) is 11.9 Å². The molecule has 0 amide bonds. The van der Waals surface area contributed by atoms with Crippen molar-refractivity contribution in [2.75, 3.05) is 18.6 Å². The smallest absolute Gasteiger partial charge is 0.316 e. The fourth-order valence-corrected chi connectivity index (χ4v) is 3.31. The number of rotatable bonds is 3. The normalized spacial score (nSPS) is 36.1. The van der Waals surface area contributed by atoms with E-state index >= 15 is 0 Å². The molecule has 0 bridgehead atoms. The monoisotopic (exact) mass is 244 g/mol. The van der Waals surface area contributed by atoms with E-state index in [2.05, 4.69) is 13.8 Å². The molecule has 1 aliphatic carbocycles. The van der Waals surface area contributed by atoms with Gasteiger partial charge in [0.15, 0.2) is 0 Å². The molecule has 0 radical (unpaired) electrons. The van der Waals surface area contributed by atoms with E-state index in [1.165, 1.54) is 11.8 Å². The van der Waals surface area contributed by atoms with Gasteiger partial charge in [-0.1, -0.05) is 13.8 Å². The Morgan fingerprint density at radius 2 is 2.31 bits per heavy atom. The van der Waals surface area contributed by atoms with Crippen molar-refractivity contribution >= 4 is 17.7 Å². The van der Waals surface area contributed by atoms with Gasteiger partial charge in [0.1, 0.15) is 6.10 Å². The van der Waals surface area contributed by atoms with Crippen molar-refractivity contribution < 1.29 is 14.3 Å².